The first-order valence-electron chi connectivity index (χ1n) is 6.66. The van der Waals surface area contributed by atoms with Gasteiger partial charge in [-0.15, -0.1) is 0 Å². The number of ether oxygens (including phenoxy) is 1. The van der Waals surface area contributed by atoms with Crippen LogP contribution in [0, 0.1) is 5.21 Å². The van der Waals surface area contributed by atoms with Gasteiger partial charge in [-0.05, 0) is 11.8 Å². The summed E-state index contributed by atoms with van der Waals surface area (Å²) in [6.45, 7) is 1.38. The fourth-order valence-corrected chi connectivity index (χ4v) is 2.72. The average Bonchev–Trinajstić information content (AvgIpc) is 2.91. The second-order valence-corrected chi connectivity index (χ2v) is 5.81. The van der Waals surface area contributed by atoms with Gasteiger partial charge in [0, 0.05) is 5.56 Å². The first-order valence-corrected chi connectivity index (χ1v) is 8.06. The van der Waals surface area contributed by atoms with Gasteiger partial charge in [0.1, 0.15) is 0 Å². The molecule has 0 atom stereocenters. The van der Waals surface area contributed by atoms with Crippen LogP contribution in [0.2, 0.25) is 0 Å². The molecule has 1 aromatic heterocycles. The zero-order valence-corrected chi connectivity index (χ0v) is 13.0. The van der Waals surface area contributed by atoms with Crippen LogP contribution in [0.1, 0.15) is 13.3 Å². The van der Waals surface area contributed by atoms with Gasteiger partial charge in [0.05, 0.1) is 24.8 Å². The molecule has 0 unspecified atom stereocenters. The smallest absolute Gasteiger partial charge is 0.366 e. The zero-order valence-electron chi connectivity index (χ0n) is 12.2. The van der Waals surface area contributed by atoms with Gasteiger partial charge in [-0.2, -0.15) is 8.42 Å². The van der Waals surface area contributed by atoms with Gasteiger partial charge in [-0.3, -0.25) is 13.6 Å². The van der Waals surface area contributed by atoms with Crippen molar-refractivity contribution in [1.29, 1.82) is 0 Å². The molecule has 0 N–H and O–H groups in total. The topological polar surface area (TPSA) is 123 Å². The highest BCUT2D eigenvalue weighted by atomic mass is 32.2. The van der Waals surface area contributed by atoms with E-state index in [1.165, 1.54) is 12.1 Å². The minimum atomic E-state index is -4.36. The summed E-state index contributed by atoms with van der Waals surface area (Å²) < 4.78 is 38.0. The van der Waals surface area contributed by atoms with Crippen molar-refractivity contribution in [3.8, 4) is 11.3 Å². The highest BCUT2D eigenvalue weighted by Gasteiger charge is 2.34. The van der Waals surface area contributed by atoms with E-state index in [2.05, 4.69) is 14.5 Å². The molecule has 0 amide bonds. The Kier molecular flexibility index (Phi) is 5.29. The molecule has 2 aromatic rings. The van der Waals surface area contributed by atoms with E-state index < -0.39 is 27.7 Å². The van der Waals surface area contributed by atoms with Gasteiger partial charge >= 0.3 is 21.1 Å². The first-order chi connectivity index (χ1) is 11.0. The normalized spacial score (nSPS) is 11.3. The molecule has 0 aliphatic rings. The number of nitrogens with zero attached hydrogens (tertiary/aromatic N) is 2. The van der Waals surface area contributed by atoms with Gasteiger partial charge in [0.2, 0.25) is 5.69 Å². The molecular formula is C13H14N2O7S. The highest BCUT2D eigenvalue weighted by molar-refractivity contribution is 7.86. The summed E-state index contributed by atoms with van der Waals surface area (Å²) in [7, 11) is -4.36. The Labute approximate surface area is 132 Å². The van der Waals surface area contributed by atoms with Gasteiger partial charge in [-0.1, -0.05) is 30.3 Å². The third-order valence-electron chi connectivity index (χ3n) is 2.72. The van der Waals surface area contributed by atoms with Crippen molar-refractivity contribution in [2.45, 2.75) is 18.4 Å². The zero-order chi connectivity index (χ0) is 16.9. The van der Waals surface area contributed by atoms with Crippen molar-refractivity contribution in [2.24, 2.45) is 0 Å². The van der Waals surface area contributed by atoms with E-state index in [0.29, 0.717) is 5.56 Å². The van der Waals surface area contributed by atoms with Crippen LogP contribution in [0.25, 0.3) is 11.3 Å². The van der Waals surface area contributed by atoms with Crippen LogP contribution in [0.5, 0.6) is 0 Å². The van der Waals surface area contributed by atoms with Gasteiger partial charge in [0.15, 0.2) is 0 Å². The molecule has 2 rings (SSSR count). The predicted octanol–water partition coefficient (Wildman–Crippen LogP) is 0.633. The Morgan fingerprint density at radius 1 is 1.35 bits per heavy atom. The standard InChI is InChI=1S/C13H14N2O7S/c1-2-20-11(16)8-9-21-23(18,19)13-12(15(17)22-14-13)10-6-4-3-5-7-10/h3-7H,2,8-9H2,1H3. The van der Waals surface area contributed by atoms with E-state index in [-0.39, 0.29) is 23.6 Å². The Morgan fingerprint density at radius 3 is 2.70 bits per heavy atom. The monoisotopic (exact) mass is 342 g/mol. The average molecular weight is 342 g/mol. The number of carbonyl (C=O) groups is 1. The summed E-state index contributed by atoms with van der Waals surface area (Å²) in [4.78, 5) is 11.2. The van der Waals surface area contributed by atoms with Gasteiger partial charge in [0.25, 0.3) is 0 Å². The Hall–Kier alpha value is -2.46. The Bertz CT molecular complexity index is 771. The number of hydrogen-bond acceptors (Lipinski definition) is 8. The van der Waals surface area contributed by atoms with Crippen LogP contribution in [0.15, 0.2) is 40.0 Å². The summed E-state index contributed by atoms with van der Waals surface area (Å²) in [5.74, 6) is -0.593. The van der Waals surface area contributed by atoms with Crippen molar-refractivity contribution < 1.29 is 31.7 Å². The molecule has 9 nitrogen and oxygen atoms in total. The largest absolute Gasteiger partial charge is 0.466 e. The van der Waals surface area contributed by atoms with E-state index in [0.717, 1.165) is 0 Å². The van der Waals surface area contributed by atoms with E-state index in [1.54, 1.807) is 25.1 Å². The number of hydrogen-bond donors (Lipinski definition) is 0. The van der Waals surface area contributed by atoms with Crippen molar-refractivity contribution >= 4 is 16.1 Å². The molecule has 0 saturated heterocycles. The summed E-state index contributed by atoms with van der Waals surface area (Å²) >= 11 is 0. The highest BCUT2D eigenvalue weighted by Crippen LogP contribution is 2.23. The number of rotatable bonds is 7. The molecule has 10 heteroatoms. The van der Waals surface area contributed by atoms with Crippen molar-refractivity contribution in [1.82, 2.24) is 5.16 Å². The van der Waals surface area contributed by atoms with Crippen molar-refractivity contribution in [2.75, 3.05) is 13.2 Å². The number of benzene rings is 1. The fourth-order valence-electron chi connectivity index (χ4n) is 1.75. The third-order valence-corrected chi connectivity index (χ3v) is 3.94. The minimum absolute atomic E-state index is 0.0169. The molecule has 1 heterocycles. The number of esters is 1. The number of aromatic nitrogens is 2. The van der Waals surface area contributed by atoms with Crippen LogP contribution in [0.4, 0.5) is 0 Å². The lowest BCUT2D eigenvalue weighted by Crippen LogP contribution is -2.26. The SMILES string of the molecule is CCOC(=O)CCOS(=O)(=O)c1no[n+]([O-])c1-c1ccccc1. The molecule has 0 spiro atoms. The van der Waals surface area contributed by atoms with Gasteiger partial charge < -0.3 is 9.94 Å². The fraction of sp³-hybridized carbons (Fsp3) is 0.308. The lowest BCUT2D eigenvalue weighted by molar-refractivity contribution is -0.793. The maximum atomic E-state index is 12.1. The molecule has 23 heavy (non-hydrogen) atoms. The van der Waals surface area contributed by atoms with E-state index in [4.69, 9.17) is 4.18 Å². The molecule has 0 aliphatic carbocycles. The first kappa shape index (κ1) is 16.9. The lowest BCUT2D eigenvalue weighted by atomic mass is 10.2. The molecule has 0 bridgehead atoms. The van der Waals surface area contributed by atoms with E-state index in [9.17, 15) is 18.4 Å². The molecule has 124 valence electrons. The number of carbonyl (C=O) groups excluding carboxylic acids is 1. The van der Waals surface area contributed by atoms with E-state index >= 15 is 0 Å². The van der Waals surface area contributed by atoms with Crippen molar-refractivity contribution in [3.05, 3.63) is 35.5 Å². The summed E-state index contributed by atoms with van der Waals surface area (Å²) in [6, 6.07) is 8.01. The quantitative estimate of drug-likeness (QED) is 0.408. The van der Waals surface area contributed by atoms with Crippen molar-refractivity contribution in [3.63, 3.8) is 0 Å². The van der Waals surface area contributed by atoms with Gasteiger partial charge in [-0.25, -0.2) is 0 Å². The summed E-state index contributed by atoms with van der Waals surface area (Å²) in [6.07, 6.45) is -0.247. The maximum Gasteiger partial charge on any atom is 0.366 e. The second-order valence-electron chi connectivity index (χ2n) is 4.28. The summed E-state index contributed by atoms with van der Waals surface area (Å²) in [5, 5.41) is 14.2. The molecular weight excluding hydrogens is 328 g/mol. The second kappa shape index (κ2) is 7.20. The molecule has 0 saturated carbocycles. The van der Waals surface area contributed by atoms with Crippen LogP contribution in [-0.4, -0.2) is 32.8 Å². The van der Waals surface area contributed by atoms with Crippen LogP contribution >= 0.6 is 0 Å². The Balaban J connectivity index is 2.20. The molecule has 1 aromatic carbocycles. The molecule has 0 fully saturated rings. The predicted molar refractivity (Wildman–Crippen MR) is 75.3 cm³/mol. The van der Waals surface area contributed by atoms with Crippen LogP contribution in [-0.2, 0) is 23.8 Å². The third kappa shape index (κ3) is 4.05. The lowest BCUT2D eigenvalue weighted by Gasteiger charge is -2.03. The Morgan fingerprint density at radius 2 is 2.04 bits per heavy atom. The minimum Gasteiger partial charge on any atom is -0.466 e. The molecule has 0 aliphatic heterocycles. The summed E-state index contributed by atoms with van der Waals surface area (Å²) in [5.41, 5.74) is 0.0121. The van der Waals surface area contributed by atoms with Crippen LogP contribution in [0.3, 0.4) is 0 Å². The maximum absolute atomic E-state index is 12.1. The van der Waals surface area contributed by atoms with Crippen LogP contribution < -0.4 is 4.90 Å². The van der Waals surface area contributed by atoms with E-state index in [1.807, 2.05) is 0 Å². The molecule has 0 radical (unpaired) electrons.